The van der Waals surface area contributed by atoms with Gasteiger partial charge in [0, 0.05) is 42.5 Å². The number of hydrogen-bond donors (Lipinski definition) is 1. The zero-order valence-electron chi connectivity index (χ0n) is 15.6. The number of anilines is 1. The molecule has 3 heterocycles. The second kappa shape index (κ2) is 8.28. The molecule has 8 heteroatoms. The van der Waals surface area contributed by atoms with Crippen LogP contribution in [0.5, 0.6) is 0 Å². The summed E-state index contributed by atoms with van der Waals surface area (Å²) in [5.41, 5.74) is 2.02. The summed E-state index contributed by atoms with van der Waals surface area (Å²) in [7, 11) is 0. The average molecular weight is 407 g/mol. The van der Waals surface area contributed by atoms with E-state index in [1.165, 1.54) is 24.5 Å². The summed E-state index contributed by atoms with van der Waals surface area (Å²) in [6.07, 6.45) is 0.822. The van der Waals surface area contributed by atoms with E-state index in [0.29, 0.717) is 12.1 Å². The summed E-state index contributed by atoms with van der Waals surface area (Å²) >= 11 is 0. The Kier molecular flexibility index (Phi) is 5.38. The van der Waals surface area contributed by atoms with E-state index in [-0.39, 0.29) is 11.6 Å². The maximum atomic E-state index is 13.4. The standard InChI is InChI=1S/C22H16F3N5/c23-22(24,25)18-14-29-21(30-20(18)17-8-11-26-12-9-17)28-13-15-4-6-16(7-5-15)19-3-1-2-10-27-19/h1-12,14H,13H2,(H,28,29,30). The number of benzene rings is 1. The predicted octanol–water partition coefficient (Wildman–Crippen LogP) is 5.23. The number of halogens is 3. The molecule has 5 nitrogen and oxygen atoms in total. The molecule has 0 aliphatic heterocycles. The van der Waals surface area contributed by atoms with E-state index in [2.05, 4.69) is 25.3 Å². The molecule has 0 aliphatic rings. The quantitative estimate of drug-likeness (QED) is 0.491. The van der Waals surface area contributed by atoms with Gasteiger partial charge in [-0.25, -0.2) is 9.97 Å². The summed E-state index contributed by atoms with van der Waals surface area (Å²) in [6, 6.07) is 16.4. The molecule has 0 fully saturated rings. The van der Waals surface area contributed by atoms with Gasteiger partial charge in [0.25, 0.3) is 0 Å². The smallest absolute Gasteiger partial charge is 0.350 e. The molecular weight excluding hydrogens is 391 g/mol. The number of nitrogens with one attached hydrogen (secondary N) is 1. The average Bonchev–Trinajstić information content (AvgIpc) is 2.78. The molecule has 3 aromatic heterocycles. The molecule has 0 saturated heterocycles. The molecule has 0 bridgehead atoms. The number of aromatic nitrogens is 4. The fourth-order valence-corrected chi connectivity index (χ4v) is 2.91. The minimum absolute atomic E-state index is 0.114. The number of nitrogens with zero attached hydrogens (tertiary/aromatic N) is 4. The fourth-order valence-electron chi connectivity index (χ4n) is 2.91. The predicted molar refractivity (Wildman–Crippen MR) is 107 cm³/mol. The van der Waals surface area contributed by atoms with E-state index in [9.17, 15) is 13.2 Å². The largest absolute Gasteiger partial charge is 0.419 e. The van der Waals surface area contributed by atoms with E-state index >= 15 is 0 Å². The fraction of sp³-hybridized carbons (Fsp3) is 0.0909. The first-order valence-corrected chi connectivity index (χ1v) is 9.09. The topological polar surface area (TPSA) is 63.6 Å². The first-order chi connectivity index (χ1) is 14.5. The third-order valence-corrected chi connectivity index (χ3v) is 4.41. The van der Waals surface area contributed by atoms with E-state index in [0.717, 1.165) is 23.0 Å². The summed E-state index contributed by atoms with van der Waals surface area (Å²) in [5, 5.41) is 2.99. The molecule has 0 radical (unpaired) electrons. The molecule has 0 atom stereocenters. The van der Waals surface area contributed by atoms with Crippen LogP contribution in [0, 0.1) is 0 Å². The van der Waals surface area contributed by atoms with Gasteiger partial charge in [-0.3, -0.25) is 9.97 Å². The number of rotatable bonds is 5. The van der Waals surface area contributed by atoms with Crippen LogP contribution >= 0.6 is 0 Å². The van der Waals surface area contributed by atoms with Crippen molar-refractivity contribution in [2.24, 2.45) is 0 Å². The summed E-state index contributed by atoms with van der Waals surface area (Å²) in [4.78, 5) is 16.1. The highest BCUT2D eigenvalue weighted by molar-refractivity contribution is 5.64. The molecule has 0 saturated carbocycles. The third-order valence-electron chi connectivity index (χ3n) is 4.41. The van der Waals surface area contributed by atoms with Gasteiger partial charge in [0.15, 0.2) is 0 Å². The number of alkyl halides is 3. The molecule has 1 N–H and O–H groups in total. The maximum Gasteiger partial charge on any atom is 0.419 e. The van der Waals surface area contributed by atoms with Crippen molar-refractivity contribution in [2.75, 3.05) is 5.32 Å². The molecule has 150 valence electrons. The molecule has 30 heavy (non-hydrogen) atoms. The molecule has 0 amide bonds. The Morgan fingerprint density at radius 1 is 0.800 bits per heavy atom. The zero-order valence-corrected chi connectivity index (χ0v) is 15.6. The van der Waals surface area contributed by atoms with Crippen LogP contribution in [0.25, 0.3) is 22.5 Å². The van der Waals surface area contributed by atoms with Crippen molar-refractivity contribution < 1.29 is 13.2 Å². The van der Waals surface area contributed by atoms with Crippen LogP contribution < -0.4 is 5.32 Å². The summed E-state index contributed by atoms with van der Waals surface area (Å²) in [5.74, 6) is 0.114. The Balaban J connectivity index is 1.54. The van der Waals surface area contributed by atoms with Crippen molar-refractivity contribution in [3.05, 3.63) is 90.5 Å². The van der Waals surface area contributed by atoms with Gasteiger partial charge in [-0.15, -0.1) is 0 Å². The molecule has 4 aromatic rings. The number of hydrogen-bond acceptors (Lipinski definition) is 5. The Morgan fingerprint density at radius 3 is 2.23 bits per heavy atom. The molecule has 1 aromatic carbocycles. The van der Waals surface area contributed by atoms with Gasteiger partial charge < -0.3 is 5.32 Å². The van der Waals surface area contributed by atoms with Gasteiger partial charge in [-0.2, -0.15) is 13.2 Å². The van der Waals surface area contributed by atoms with Gasteiger partial charge in [-0.05, 0) is 29.8 Å². The lowest BCUT2D eigenvalue weighted by Crippen LogP contribution is -2.12. The van der Waals surface area contributed by atoms with Crippen LogP contribution in [-0.4, -0.2) is 19.9 Å². The lowest BCUT2D eigenvalue weighted by atomic mass is 10.1. The maximum absolute atomic E-state index is 13.4. The first-order valence-electron chi connectivity index (χ1n) is 9.09. The van der Waals surface area contributed by atoms with Crippen LogP contribution in [0.15, 0.2) is 79.4 Å². The highest BCUT2D eigenvalue weighted by Gasteiger charge is 2.35. The van der Waals surface area contributed by atoms with Crippen LogP contribution in [0.2, 0.25) is 0 Å². The van der Waals surface area contributed by atoms with Crippen LogP contribution in [-0.2, 0) is 12.7 Å². The van der Waals surface area contributed by atoms with Gasteiger partial charge >= 0.3 is 6.18 Å². The molecule has 0 spiro atoms. The lowest BCUT2D eigenvalue weighted by Gasteiger charge is -2.13. The van der Waals surface area contributed by atoms with Crippen molar-refractivity contribution in [3.8, 4) is 22.5 Å². The van der Waals surface area contributed by atoms with E-state index in [4.69, 9.17) is 0 Å². The van der Waals surface area contributed by atoms with Crippen molar-refractivity contribution >= 4 is 5.95 Å². The van der Waals surface area contributed by atoms with Crippen molar-refractivity contribution in [1.29, 1.82) is 0 Å². The SMILES string of the molecule is FC(F)(F)c1cnc(NCc2ccc(-c3ccccn3)cc2)nc1-c1ccncc1. The highest BCUT2D eigenvalue weighted by Crippen LogP contribution is 2.35. The van der Waals surface area contributed by atoms with Crippen molar-refractivity contribution in [3.63, 3.8) is 0 Å². The first kappa shape index (κ1) is 19.5. The Bertz CT molecular complexity index is 1120. The van der Waals surface area contributed by atoms with E-state index in [1.807, 2.05) is 42.5 Å². The van der Waals surface area contributed by atoms with Gasteiger partial charge in [0.2, 0.25) is 5.95 Å². The number of pyridine rings is 2. The Hall–Kier alpha value is -3.81. The van der Waals surface area contributed by atoms with E-state index in [1.54, 1.807) is 6.20 Å². The normalized spacial score (nSPS) is 11.3. The Labute approximate surface area is 170 Å². The summed E-state index contributed by atoms with van der Waals surface area (Å²) in [6.45, 7) is 0.365. The van der Waals surface area contributed by atoms with Crippen molar-refractivity contribution in [1.82, 2.24) is 19.9 Å². The lowest BCUT2D eigenvalue weighted by molar-refractivity contribution is -0.137. The van der Waals surface area contributed by atoms with Crippen LogP contribution in [0.4, 0.5) is 19.1 Å². The van der Waals surface area contributed by atoms with Crippen LogP contribution in [0.1, 0.15) is 11.1 Å². The zero-order chi connectivity index (χ0) is 21.0. The van der Waals surface area contributed by atoms with Gasteiger partial charge in [0.05, 0.1) is 11.4 Å². The second-order valence-corrected chi connectivity index (χ2v) is 6.45. The molecule has 0 unspecified atom stereocenters. The minimum atomic E-state index is -4.56. The molecule has 4 rings (SSSR count). The summed E-state index contributed by atoms with van der Waals surface area (Å²) < 4.78 is 40.1. The molecule has 0 aliphatic carbocycles. The van der Waals surface area contributed by atoms with Gasteiger partial charge in [-0.1, -0.05) is 30.3 Å². The van der Waals surface area contributed by atoms with E-state index < -0.39 is 11.7 Å². The van der Waals surface area contributed by atoms with Gasteiger partial charge in [0.1, 0.15) is 5.56 Å². The Morgan fingerprint density at radius 2 is 1.57 bits per heavy atom. The highest BCUT2D eigenvalue weighted by atomic mass is 19.4. The third kappa shape index (κ3) is 4.43. The molecular formula is C22H16F3N5. The van der Waals surface area contributed by atoms with Crippen LogP contribution in [0.3, 0.4) is 0 Å². The monoisotopic (exact) mass is 407 g/mol. The minimum Gasteiger partial charge on any atom is -0.350 e. The van der Waals surface area contributed by atoms with Crippen molar-refractivity contribution in [2.45, 2.75) is 12.7 Å². The second-order valence-electron chi connectivity index (χ2n) is 6.45.